The van der Waals surface area contributed by atoms with E-state index in [4.69, 9.17) is 4.42 Å². The third kappa shape index (κ3) is 3.64. The Balaban J connectivity index is 1.96. The number of nitrogens with zero attached hydrogens (tertiary/aromatic N) is 1. The molecule has 0 aromatic carbocycles. The molecule has 22 heavy (non-hydrogen) atoms. The first-order valence-electron chi connectivity index (χ1n) is 6.47. The lowest BCUT2D eigenvalue weighted by atomic mass is 9.99. The number of thioether (sulfide) groups is 1. The maximum atomic E-state index is 12.1. The first-order chi connectivity index (χ1) is 10.3. The van der Waals surface area contributed by atoms with E-state index in [1.165, 1.54) is 29.8 Å². The molecule has 7 nitrogen and oxygen atoms in total. The summed E-state index contributed by atoms with van der Waals surface area (Å²) < 4.78 is 5.55. The molecular formula is C13H15BrN2O5S. The Morgan fingerprint density at radius 1 is 1.50 bits per heavy atom. The summed E-state index contributed by atoms with van der Waals surface area (Å²) in [5.74, 6) is -0.891. The zero-order chi connectivity index (χ0) is 16.3. The fourth-order valence-corrected chi connectivity index (χ4v) is 3.73. The Kier molecular flexibility index (Phi) is 5.17. The quantitative estimate of drug-likeness (QED) is 0.782. The normalized spacial score (nSPS) is 20.6. The molecule has 1 aliphatic heterocycles. The molecule has 2 N–H and O–H groups in total. The van der Waals surface area contributed by atoms with Crippen molar-refractivity contribution in [3.63, 3.8) is 0 Å². The van der Waals surface area contributed by atoms with Crippen LogP contribution in [0.4, 0.5) is 0 Å². The maximum Gasteiger partial charge on any atom is 0.330 e. The topological polar surface area (TPSA) is 99.9 Å². The number of aliphatic carboxylic acids is 1. The minimum absolute atomic E-state index is 0.103. The lowest BCUT2D eigenvalue weighted by molar-refractivity contribution is -0.146. The zero-order valence-corrected chi connectivity index (χ0v) is 14.2. The number of nitrogens with one attached hydrogen (secondary N) is 1. The predicted octanol–water partition coefficient (Wildman–Crippen LogP) is 1.19. The second-order valence-electron chi connectivity index (χ2n) is 5.00. The highest BCUT2D eigenvalue weighted by atomic mass is 79.9. The molecular weight excluding hydrogens is 376 g/mol. The Morgan fingerprint density at radius 3 is 2.73 bits per heavy atom. The molecule has 1 atom stereocenters. The van der Waals surface area contributed by atoms with Gasteiger partial charge in [0.2, 0.25) is 5.91 Å². The van der Waals surface area contributed by atoms with E-state index < -0.39 is 23.3 Å². The number of furan rings is 1. The van der Waals surface area contributed by atoms with E-state index >= 15 is 0 Å². The number of hydrogen-bond donors (Lipinski definition) is 2. The summed E-state index contributed by atoms with van der Waals surface area (Å²) in [7, 11) is 1.45. The number of likely N-dealkylation sites (N-methyl/N-ethyl adjacent to an activating group) is 1. The lowest BCUT2D eigenvalue weighted by Crippen LogP contribution is -2.56. The molecule has 2 heterocycles. The molecule has 2 rings (SSSR count). The minimum atomic E-state index is -1.24. The third-order valence-corrected chi connectivity index (χ3v) is 4.94. The van der Waals surface area contributed by atoms with Gasteiger partial charge in [-0.1, -0.05) is 0 Å². The molecule has 0 spiro atoms. The van der Waals surface area contributed by atoms with E-state index in [-0.39, 0.29) is 12.3 Å². The van der Waals surface area contributed by atoms with Crippen molar-refractivity contribution < 1.29 is 23.9 Å². The zero-order valence-electron chi connectivity index (χ0n) is 11.8. The molecule has 1 saturated heterocycles. The van der Waals surface area contributed by atoms with Crippen LogP contribution in [-0.2, 0) is 9.59 Å². The van der Waals surface area contributed by atoms with Gasteiger partial charge in [-0.25, -0.2) is 4.79 Å². The summed E-state index contributed by atoms with van der Waals surface area (Å²) in [5, 5.41) is 11.8. The van der Waals surface area contributed by atoms with Crippen molar-refractivity contribution in [3.8, 4) is 0 Å². The van der Waals surface area contributed by atoms with E-state index in [1.54, 1.807) is 6.07 Å². The van der Waals surface area contributed by atoms with Crippen molar-refractivity contribution in [1.82, 2.24) is 10.2 Å². The summed E-state index contributed by atoms with van der Waals surface area (Å²) >= 11 is 4.58. The van der Waals surface area contributed by atoms with E-state index in [9.17, 15) is 19.5 Å². The van der Waals surface area contributed by atoms with E-state index in [1.807, 2.05) is 0 Å². The second-order valence-corrected chi connectivity index (χ2v) is 6.89. The molecule has 1 aromatic heterocycles. The minimum Gasteiger partial charge on any atom is -0.479 e. The van der Waals surface area contributed by atoms with Crippen LogP contribution in [0.15, 0.2) is 21.2 Å². The van der Waals surface area contributed by atoms with Crippen LogP contribution in [-0.4, -0.2) is 58.4 Å². The number of halogens is 1. The highest BCUT2D eigenvalue weighted by Gasteiger charge is 2.43. The van der Waals surface area contributed by atoms with E-state index in [2.05, 4.69) is 21.2 Å². The van der Waals surface area contributed by atoms with Gasteiger partial charge in [-0.2, -0.15) is 11.8 Å². The molecule has 9 heteroatoms. The molecule has 0 radical (unpaired) electrons. The SMILES string of the molecule is CN(CC(=O)NC1(C(=O)O)CCSC1)C(=O)c1ccc(Br)o1. The van der Waals surface area contributed by atoms with Crippen molar-refractivity contribution in [2.24, 2.45) is 0 Å². The Morgan fingerprint density at radius 2 is 2.23 bits per heavy atom. The van der Waals surface area contributed by atoms with Crippen LogP contribution in [0.25, 0.3) is 0 Å². The molecule has 1 unspecified atom stereocenters. The molecule has 0 aliphatic carbocycles. The average Bonchev–Trinajstić information content (AvgIpc) is 3.07. The fourth-order valence-electron chi connectivity index (χ4n) is 2.10. The largest absolute Gasteiger partial charge is 0.479 e. The van der Waals surface area contributed by atoms with Crippen LogP contribution in [0.3, 0.4) is 0 Å². The van der Waals surface area contributed by atoms with Gasteiger partial charge < -0.3 is 19.7 Å². The number of amides is 2. The second kappa shape index (κ2) is 6.74. The Labute approximate surface area is 139 Å². The summed E-state index contributed by atoms with van der Waals surface area (Å²) in [5.41, 5.74) is -1.24. The Bertz CT molecular complexity index is 597. The first-order valence-corrected chi connectivity index (χ1v) is 8.42. The van der Waals surface area contributed by atoms with Crippen LogP contribution in [0.5, 0.6) is 0 Å². The number of carbonyl (C=O) groups is 3. The van der Waals surface area contributed by atoms with Gasteiger partial charge in [-0.3, -0.25) is 9.59 Å². The van der Waals surface area contributed by atoms with Crippen molar-refractivity contribution in [3.05, 3.63) is 22.6 Å². The molecule has 120 valence electrons. The highest BCUT2D eigenvalue weighted by Crippen LogP contribution is 2.28. The summed E-state index contributed by atoms with van der Waals surface area (Å²) in [6, 6.07) is 3.07. The van der Waals surface area contributed by atoms with Crippen molar-refractivity contribution >= 4 is 45.5 Å². The van der Waals surface area contributed by atoms with Gasteiger partial charge in [0.25, 0.3) is 5.91 Å². The number of carboxylic acids is 1. The molecule has 2 amide bonds. The third-order valence-electron chi connectivity index (χ3n) is 3.32. The van der Waals surface area contributed by atoms with Gasteiger partial charge in [0.15, 0.2) is 10.4 Å². The van der Waals surface area contributed by atoms with Gasteiger partial charge >= 0.3 is 5.97 Å². The van der Waals surface area contributed by atoms with Gasteiger partial charge in [0.1, 0.15) is 5.54 Å². The fraction of sp³-hybridized carbons (Fsp3) is 0.462. The summed E-state index contributed by atoms with van der Waals surface area (Å²) in [6.07, 6.45) is 0.377. The van der Waals surface area contributed by atoms with Crippen LogP contribution < -0.4 is 5.32 Å². The van der Waals surface area contributed by atoms with Crippen molar-refractivity contribution in [2.75, 3.05) is 25.1 Å². The smallest absolute Gasteiger partial charge is 0.330 e. The van der Waals surface area contributed by atoms with E-state index in [0.29, 0.717) is 22.6 Å². The summed E-state index contributed by atoms with van der Waals surface area (Å²) in [6.45, 7) is -0.239. The molecule has 0 saturated carbocycles. The number of carbonyl (C=O) groups excluding carboxylic acids is 2. The summed E-state index contributed by atoms with van der Waals surface area (Å²) in [4.78, 5) is 36.7. The molecule has 0 bridgehead atoms. The molecule has 1 aliphatic rings. The van der Waals surface area contributed by atoms with Crippen LogP contribution in [0.2, 0.25) is 0 Å². The number of hydrogen-bond acceptors (Lipinski definition) is 5. The van der Waals surface area contributed by atoms with Gasteiger partial charge in [-0.15, -0.1) is 0 Å². The molecule has 1 fully saturated rings. The lowest BCUT2D eigenvalue weighted by Gasteiger charge is -2.26. The number of rotatable bonds is 5. The van der Waals surface area contributed by atoms with Gasteiger partial charge in [0, 0.05) is 12.8 Å². The van der Waals surface area contributed by atoms with Crippen LogP contribution >= 0.6 is 27.7 Å². The Hall–Kier alpha value is -1.48. The van der Waals surface area contributed by atoms with E-state index in [0.717, 1.165) is 0 Å². The monoisotopic (exact) mass is 390 g/mol. The number of carboxylic acid groups (broad SMARTS) is 1. The van der Waals surface area contributed by atoms with Crippen LogP contribution in [0, 0.1) is 0 Å². The average molecular weight is 391 g/mol. The molecule has 1 aromatic rings. The van der Waals surface area contributed by atoms with Crippen molar-refractivity contribution in [1.29, 1.82) is 0 Å². The standard InChI is InChI=1S/C13H15BrN2O5S/c1-16(11(18)8-2-3-9(14)21-8)6-10(17)15-13(12(19)20)4-5-22-7-13/h2-3H,4-7H2,1H3,(H,15,17)(H,19,20). The van der Waals surface area contributed by atoms with Gasteiger partial charge in [0.05, 0.1) is 6.54 Å². The van der Waals surface area contributed by atoms with Crippen molar-refractivity contribution in [2.45, 2.75) is 12.0 Å². The first kappa shape index (κ1) is 16.9. The van der Waals surface area contributed by atoms with Gasteiger partial charge in [-0.05, 0) is 40.2 Å². The maximum absolute atomic E-state index is 12.1. The predicted molar refractivity (Wildman–Crippen MR) is 83.8 cm³/mol. The van der Waals surface area contributed by atoms with Crippen LogP contribution in [0.1, 0.15) is 17.0 Å². The highest BCUT2D eigenvalue weighted by molar-refractivity contribution is 9.10.